The lowest BCUT2D eigenvalue weighted by molar-refractivity contribution is 0.0474. The number of halogens is 1. The van der Waals surface area contributed by atoms with Crippen LogP contribution in [0, 0.1) is 5.82 Å². The number of alkyl carbamates (subject to hydrolysis) is 1. The maximum Gasteiger partial charge on any atom is 0.408 e. The first-order chi connectivity index (χ1) is 15.0. The Hall–Kier alpha value is -3.36. The van der Waals surface area contributed by atoms with Gasteiger partial charge in [-0.3, -0.25) is 4.99 Å². The lowest BCUT2D eigenvalue weighted by Crippen LogP contribution is -2.54. The molecule has 0 bridgehead atoms. The molecule has 0 saturated heterocycles. The first kappa shape index (κ1) is 24.9. The van der Waals surface area contributed by atoms with E-state index >= 15 is 0 Å². The van der Waals surface area contributed by atoms with Gasteiger partial charge in [0.05, 0.1) is 5.54 Å². The molecule has 8 nitrogen and oxygen atoms in total. The first-order valence-corrected chi connectivity index (χ1v) is 10.3. The van der Waals surface area contributed by atoms with Crippen molar-refractivity contribution in [1.82, 2.24) is 20.9 Å². The molecular weight excluding hydrogens is 413 g/mol. The number of nitrogens with one attached hydrogen (secondary N) is 3. The summed E-state index contributed by atoms with van der Waals surface area (Å²) in [6, 6.07) is 9.46. The molecule has 9 heteroatoms. The van der Waals surface area contributed by atoms with Crippen molar-refractivity contribution in [3.05, 3.63) is 54.0 Å². The van der Waals surface area contributed by atoms with Crippen LogP contribution < -0.4 is 20.7 Å². The summed E-state index contributed by atoms with van der Waals surface area (Å²) < 4.78 is 24.1. The number of benzene rings is 1. The van der Waals surface area contributed by atoms with Crippen molar-refractivity contribution < 1.29 is 18.7 Å². The number of ether oxygens (including phenoxy) is 2. The van der Waals surface area contributed by atoms with Gasteiger partial charge in [-0.05, 0) is 52.3 Å². The zero-order valence-electron chi connectivity index (χ0n) is 19.5. The molecule has 0 saturated carbocycles. The van der Waals surface area contributed by atoms with Gasteiger partial charge in [0.2, 0.25) is 5.88 Å². The predicted octanol–water partition coefficient (Wildman–Crippen LogP) is 3.98. The Kier molecular flexibility index (Phi) is 8.40. The number of aliphatic imine (C=N–C) groups is 1. The standard InChI is InChI=1S/C23H32FN5O3/c1-22(2,3)32-21(30)29-23(4,5)15-28-20(25-6)27-14-16-10-11-19(26-13-16)31-18-9-7-8-17(24)12-18/h7-13H,14-15H2,1-6H3,(H,29,30)(H2,25,27,28). The third-order valence-electron chi connectivity index (χ3n) is 4.04. The molecule has 0 radical (unpaired) electrons. The van der Waals surface area contributed by atoms with E-state index in [0.29, 0.717) is 30.7 Å². The second kappa shape index (κ2) is 10.8. The van der Waals surface area contributed by atoms with Crippen LogP contribution in [-0.4, -0.2) is 41.8 Å². The fraction of sp³-hybridized carbons (Fsp3) is 0.435. The van der Waals surface area contributed by atoms with Crippen LogP contribution in [0.4, 0.5) is 9.18 Å². The van der Waals surface area contributed by atoms with E-state index in [2.05, 4.69) is 25.9 Å². The third kappa shape index (κ3) is 9.20. The topological polar surface area (TPSA) is 96.9 Å². The molecule has 1 aromatic heterocycles. The number of aromatic nitrogens is 1. The van der Waals surface area contributed by atoms with Gasteiger partial charge in [-0.15, -0.1) is 0 Å². The Balaban J connectivity index is 1.82. The van der Waals surface area contributed by atoms with Crippen LogP contribution in [0.5, 0.6) is 11.6 Å². The summed E-state index contributed by atoms with van der Waals surface area (Å²) in [5.41, 5.74) is -0.209. The number of hydrogen-bond donors (Lipinski definition) is 3. The summed E-state index contributed by atoms with van der Waals surface area (Å²) >= 11 is 0. The number of amides is 1. The summed E-state index contributed by atoms with van der Waals surface area (Å²) in [7, 11) is 1.66. The highest BCUT2D eigenvalue weighted by molar-refractivity contribution is 5.79. The van der Waals surface area contributed by atoms with Gasteiger partial charge in [0.1, 0.15) is 17.2 Å². The van der Waals surface area contributed by atoms with Crippen LogP contribution in [0.15, 0.2) is 47.6 Å². The van der Waals surface area contributed by atoms with Crippen molar-refractivity contribution in [1.29, 1.82) is 0 Å². The summed E-state index contributed by atoms with van der Waals surface area (Å²) in [5.74, 6) is 0.961. The SMILES string of the molecule is CN=C(NCc1ccc(Oc2cccc(F)c2)nc1)NCC(C)(C)NC(=O)OC(C)(C)C. The fourth-order valence-electron chi connectivity index (χ4n) is 2.56. The van der Waals surface area contributed by atoms with Gasteiger partial charge in [-0.25, -0.2) is 14.2 Å². The normalized spacial score (nSPS) is 12.2. The summed E-state index contributed by atoms with van der Waals surface area (Å²) in [5, 5.41) is 9.22. The summed E-state index contributed by atoms with van der Waals surface area (Å²) in [4.78, 5) is 20.5. The molecule has 174 valence electrons. The maximum atomic E-state index is 13.3. The third-order valence-corrected chi connectivity index (χ3v) is 4.04. The minimum Gasteiger partial charge on any atom is -0.444 e. The lowest BCUT2D eigenvalue weighted by Gasteiger charge is -2.29. The van der Waals surface area contributed by atoms with Crippen LogP contribution in [-0.2, 0) is 11.3 Å². The Labute approximate surface area is 188 Å². The molecule has 0 fully saturated rings. The molecule has 1 aromatic carbocycles. The van der Waals surface area contributed by atoms with Crippen molar-refractivity contribution in [3.8, 4) is 11.6 Å². The highest BCUT2D eigenvalue weighted by atomic mass is 19.1. The molecule has 2 rings (SSSR count). The molecule has 1 amide bonds. The van der Waals surface area contributed by atoms with Crippen molar-refractivity contribution in [2.75, 3.05) is 13.6 Å². The van der Waals surface area contributed by atoms with Gasteiger partial charge in [0.15, 0.2) is 5.96 Å². The molecule has 0 atom stereocenters. The Bertz CT molecular complexity index is 924. The zero-order chi connectivity index (χ0) is 23.8. The minimum atomic E-state index is -0.558. The van der Waals surface area contributed by atoms with Gasteiger partial charge < -0.3 is 25.4 Å². The van der Waals surface area contributed by atoms with Crippen LogP contribution in [0.1, 0.15) is 40.2 Å². The van der Waals surface area contributed by atoms with E-state index in [1.54, 1.807) is 31.4 Å². The van der Waals surface area contributed by atoms with E-state index in [1.807, 2.05) is 40.7 Å². The quantitative estimate of drug-likeness (QED) is 0.441. The Morgan fingerprint density at radius 1 is 1.12 bits per heavy atom. The first-order valence-electron chi connectivity index (χ1n) is 10.3. The fourth-order valence-corrected chi connectivity index (χ4v) is 2.56. The molecule has 3 N–H and O–H groups in total. The van der Waals surface area contributed by atoms with Gasteiger partial charge in [-0.2, -0.15) is 0 Å². The number of nitrogens with zero attached hydrogens (tertiary/aromatic N) is 2. The number of rotatable bonds is 7. The van der Waals surface area contributed by atoms with E-state index in [-0.39, 0.29) is 5.82 Å². The Morgan fingerprint density at radius 2 is 1.88 bits per heavy atom. The van der Waals surface area contributed by atoms with Crippen molar-refractivity contribution in [2.24, 2.45) is 4.99 Å². The average molecular weight is 446 g/mol. The van der Waals surface area contributed by atoms with Crippen molar-refractivity contribution >= 4 is 12.1 Å². The van der Waals surface area contributed by atoms with Crippen LogP contribution in [0.2, 0.25) is 0 Å². The predicted molar refractivity (Wildman–Crippen MR) is 122 cm³/mol. The van der Waals surface area contributed by atoms with E-state index in [4.69, 9.17) is 9.47 Å². The molecule has 1 heterocycles. The van der Waals surface area contributed by atoms with Gasteiger partial charge in [0, 0.05) is 38.5 Å². The molecular formula is C23H32FN5O3. The van der Waals surface area contributed by atoms with E-state index in [0.717, 1.165) is 5.56 Å². The molecule has 0 aliphatic carbocycles. The highest BCUT2D eigenvalue weighted by Crippen LogP contribution is 2.20. The van der Waals surface area contributed by atoms with E-state index < -0.39 is 17.2 Å². The second-order valence-corrected chi connectivity index (χ2v) is 8.85. The summed E-state index contributed by atoms with van der Waals surface area (Å²) in [6.07, 6.45) is 1.20. The van der Waals surface area contributed by atoms with E-state index in [1.165, 1.54) is 12.1 Å². The van der Waals surface area contributed by atoms with Gasteiger partial charge in [-0.1, -0.05) is 12.1 Å². The van der Waals surface area contributed by atoms with Gasteiger partial charge in [0.25, 0.3) is 0 Å². The average Bonchev–Trinajstić information content (AvgIpc) is 2.67. The largest absolute Gasteiger partial charge is 0.444 e. The second-order valence-electron chi connectivity index (χ2n) is 8.85. The number of carbonyl (C=O) groups excluding carboxylic acids is 1. The van der Waals surface area contributed by atoms with Crippen LogP contribution in [0.3, 0.4) is 0 Å². The smallest absolute Gasteiger partial charge is 0.408 e. The van der Waals surface area contributed by atoms with Crippen LogP contribution in [0.25, 0.3) is 0 Å². The molecule has 0 unspecified atom stereocenters. The lowest BCUT2D eigenvalue weighted by atomic mass is 10.1. The molecule has 0 aliphatic heterocycles. The van der Waals surface area contributed by atoms with Crippen LogP contribution >= 0.6 is 0 Å². The van der Waals surface area contributed by atoms with E-state index in [9.17, 15) is 9.18 Å². The molecule has 2 aromatic rings. The number of guanidine groups is 1. The zero-order valence-corrected chi connectivity index (χ0v) is 19.5. The number of hydrogen-bond acceptors (Lipinski definition) is 5. The number of pyridine rings is 1. The summed E-state index contributed by atoms with van der Waals surface area (Å²) in [6.45, 7) is 10.1. The monoisotopic (exact) mass is 445 g/mol. The Morgan fingerprint density at radius 3 is 2.47 bits per heavy atom. The minimum absolute atomic E-state index is 0.369. The number of carbonyl (C=O) groups is 1. The van der Waals surface area contributed by atoms with Gasteiger partial charge >= 0.3 is 6.09 Å². The molecule has 0 spiro atoms. The molecule has 32 heavy (non-hydrogen) atoms. The maximum absolute atomic E-state index is 13.3. The van der Waals surface area contributed by atoms with Crippen molar-refractivity contribution in [2.45, 2.75) is 52.3 Å². The van der Waals surface area contributed by atoms with Crippen molar-refractivity contribution in [3.63, 3.8) is 0 Å². The molecule has 0 aliphatic rings. The highest BCUT2D eigenvalue weighted by Gasteiger charge is 2.24.